The van der Waals surface area contributed by atoms with E-state index in [1.165, 1.54) is 11.1 Å². The molecule has 0 radical (unpaired) electrons. The van der Waals surface area contributed by atoms with E-state index in [1.54, 1.807) is 7.11 Å². The van der Waals surface area contributed by atoms with Crippen LogP contribution < -0.4 is 15.4 Å². The molecule has 142 valence electrons. The topological polar surface area (TPSA) is 71.7 Å². The van der Waals surface area contributed by atoms with Crippen LogP contribution in [-0.2, 0) is 12.8 Å². The molecule has 0 aliphatic rings. The van der Waals surface area contributed by atoms with Crippen LogP contribution in [0.25, 0.3) is 0 Å². The van der Waals surface area contributed by atoms with Gasteiger partial charge in [0.1, 0.15) is 11.5 Å². The zero-order valence-electron chi connectivity index (χ0n) is 16.5. The Kier molecular flexibility index (Phi) is 7.51. The number of ether oxygens (including phenoxy) is 1. The van der Waals surface area contributed by atoms with Crippen LogP contribution in [0.15, 0.2) is 27.7 Å². The summed E-state index contributed by atoms with van der Waals surface area (Å²) in [7, 11) is 1.71. The van der Waals surface area contributed by atoms with Crippen LogP contribution in [0, 0.1) is 20.8 Å². The normalized spacial score (nSPS) is 11.5. The van der Waals surface area contributed by atoms with Crippen molar-refractivity contribution in [3.8, 4) is 5.75 Å². The summed E-state index contributed by atoms with van der Waals surface area (Å²) < 4.78 is 10.6. The van der Waals surface area contributed by atoms with Gasteiger partial charge in [-0.2, -0.15) is 0 Å². The molecule has 0 aliphatic carbocycles. The molecule has 0 spiro atoms. The Morgan fingerprint density at radius 2 is 2.00 bits per heavy atom. The summed E-state index contributed by atoms with van der Waals surface area (Å²) in [5.41, 5.74) is 4.53. The van der Waals surface area contributed by atoms with Crippen molar-refractivity contribution >= 4 is 5.96 Å². The molecule has 2 aromatic rings. The Morgan fingerprint density at radius 1 is 1.19 bits per heavy atom. The average Bonchev–Trinajstić information content (AvgIpc) is 2.94. The second kappa shape index (κ2) is 9.85. The fourth-order valence-electron chi connectivity index (χ4n) is 2.90. The first-order valence-corrected chi connectivity index (χ1v) is 9.12. The van der Waals surface area contributed by atoms with Crippen molar-refractivity contribution in [3.63, 3.8) is 0 Å². The Hall–Kier alpha value is -2.50. The van der Waals surface area contributed by atoms with Crippen molar-refractivity contribution in [2.45, 2.75) is 40.5 Å². The molecule has 0 aliphatic heterocycles. The molecule has 1 aromatic heterocycles. The van der Waals surface area contributed by atoms with E-state index in [-0.39, 0.29) is 0 Å². The number of aliphatic imine (C=N–C) groups is 1. The highest BCUT2D eigenvalue weighted by molar-refractivity contribution is 5.79. The lowest BCUT2D eigenvalue weighted by Crippen LogP contribution is -2.38. The summed E-state index contributed by atoms with van der Waals surface area (Å²) >= 11 is 0. The third-order valence-corrected chi connectivity index (χ3v) is 4.28. The highest BCUT2D eigenvalue weighted by atomic mass is 16.5. The number of hydrogen-bond acceptors (Lipinski definition) is 4. The summed E-state index contributed by atoms with van der Waals surface area (Å²) in [6.07, 6.45) is 1.70. The van der Waals surface area contributed by atoms with Gasteiger partial charge in [-0.3, -0.25) is 4.99 Å². The van der Waals surface area contributed by atoms with Gasteiger partial charge in [0.15, 0.2) is 5.96 Å². The van der Waals surface area contributed by atoms with Crippen LogP contribution >= 0.6 is 0 Å². The molecule has 26 heavy (non-hydrogen) atoms. The first-order valence-electron chi connectivity index (χ1n) is 9.12. The predicted molar refractivity (Wildman–Crippen MR) is 105 cm³/mol. The third-order valence-electron chi connectivity index (χ3n) is 4.28. The van der Waals surface area contributed by atoms with E-state index in [0.29, 0.717) is 6.54 Å². The van der Waals surface area contributed by atoms with Gasteiger partial charge in [0, 0.05) is 25.2 Å². The number of rotatable bonds is 8. The molecule has 6 nitrogen and oxygen atoms in total. The second-order valence-corrected chi connectivity index (χ2v) is 6.31. The number of hydrogen-bond donors (Lipinski definition) is 2. The highest BCUT2D eigenvalue weighted by Gasteiger charge is 2.08. The van der Waals surface area contributed by atoms with Crippen molar-refractivity contribution in [2.24, 2.45) is 4.99 Å². The minimum atomic E-state index is 0.687. The number of nitrogens with one attached hydrogen (secondary N) is 2. The van der Waals surface area contributed by atoms with E-state index in [2.05, 4.69) is 46.8 Å². The first-order chi connectivity index (χ1) is 12.5. The quantitative estimate of drug-likeness (QED) is 0.561. The van der Waals surface area contributed by atoms with Gasteiger partial charge >= 0.3 is 0 Å². The van der Waals surface area contributed by atoms with Gasteiger partial charge in [-0.25, -0.2) is 0 Å². The molecule has 0 saturated carbocycles. The predicted octanol–water partition coefficient (Wildman–Crippen LogP) is 2.95. The van der Waals surface area contributed by atoms with E-state index in [9.17, 15) is 0 Å². The molecule has 0 fully saturated rings. The lowest BCUT2D eigenvalue weighted by molar-refractivity contribution is 0.392. The average molecular weight is 358 g/mol. The minimum absolute atomic E-state index is 0.687. The SMILES string of the molecule is CCNC(=NCCc1c(C)noc1C)NCCc1cc(C)ccc1OC. The maximum absolute atomic E-state index is 5.45. The van der Waals surface area contributed by atoms with Gasteiger partial charge in [0.25, 0.3) is 0 Å². The molecule has 0 bridgehead atoms. The number of methoxy groups -OCH3 is 1. The molecule has 0 saturated heterocycles. The van der Waals surface area contributed by atoms with Crippen molar-refractivity contribution < 1.29 is 9.26 Å². The first kappa shape index (κ1) is 19.8. The van der Waals surface area contributed by atoms with Crippen LogP contribution in [-0.4, -0.2) is 37.9 Å². The third kappa shape index (κ3) is 5.51. The molecule has 6 heteroatoms. The van der Waals surface area contributed by atoms with Crippen LogP contribution in [0.5, 0.6) is 5.75 Å². The maximum Gasteiger partial charge on any atom is 0.191 e. The number of benzene rings is 1. The summed E-state index contributed by atoms with van der Waals surface area (Å²) in [6, 6.07) is 6.26. The molecule has 1 heterocycles. The lowest BCUT2D eigenvalue weighted by atomic mass is 10.1. The Balaban J connectivity index is 1.90. The summed E-state index contributed by atoms with van der Waals surface area (Å²) in [6.45, 7) is 10.4. The summed E-state index contributed by atoms with van der Waals surface area (Å²) in [4.78, 5) is 4.66. The van der Waals surface area contributed by atoms with Crippen molar-refractivity contribution in [1.82, 2.24) is 15.8 Å². The zero-order valence-corrected chi connectivity index (χ0v) is 16.5. The number of aryl methyl sites for hydroxylation is 3. The van der Waals surface area contributed by atoms with Crippen LogP contribution in [0.2, 0.25) is 0 Å². The van der Waals surface area contributed by atoms with Gasteiger partial charge in [-0.05, 0) is 52.2 Å². The van der Waals surface area contributed by atoms with Crippen molar-refractivity contribution in [2.75, 3.05) is 26.7 Å². The molecule has 0 unspecified atom stereocenters. The fourth-order valence-corrected chi connectivity index (χ4v) is 2.90. The largest absolute Gasteiger partial charge is 0.496 e. The number of guanidine groups is 1. The van der Waals surface area contributed by atoms with E-state index in [1.807, 2.05) is 19.9 Å². The Labute approximate surface area is 156 Å². The maximum atomic E-state index is 5.45. The molecule has 2 N–H and O–H groups in total. The van der Waals surface area contributed by atoms with Crippen molar-refractivity contribution in [3.05, 3.63) is 46.3 Å². The second-order valence-electron chi connectivity index (χ2n) is 6.31. The Bertz CT molecular complexity index is 718. The van der Waals surface area contributed by atoms with Gasteiger partial charge in [-0.15, -0.1) is 0 Å². The molecule has 2 rings (SSSR count). The fraction of sp³-hybridized carbons (Fsp3) is 0.500. The van der Waals surface area contributed by atoms with E-state index < -0.39 is 0 Å². The number of nitrogens with zero attached hydrogens (tertiary/aromatic N) is 2. The molecule has 1 aromatic carbocycles. The van der Waals surface area contributed by atoms with Crippen LogP contribution in [0.4, 0.5) is 0 Å². The summed E-state index contributed by atoms with van der Waals surface area (Å²) in [5.74, 6) is 2.63. The van der Waals surface area contributed by atoms with Gasteiger partial charge in [0.2, 0.25) is 0 Å². The van der Waals surface area contributed by atoms with E-state index in [4.69, 9.17) is 9.26 Å². The van der Waals surface area contributed by atoms with E-state index >= 15 is 0 Å². The standard InChI is InChI=1S/C20H30N4O2/c1-6-21-20(23-12-10-18-15(3)24-26-16(18)4)22-11-9-17-13-14(2)7-8-19(17)25-5/h7-8,13H,6,9-12H2,1-5H3,(H2,21,22,23). The molecule has 0 amide bonds. The van der Waals surface area contributed by atoms with Gasteiger partial charge in [-0.1, -0.05) is 22.9 Å². The smallest absolute Gasteiger partial charge is 0.191 e. The van der Waals surface area contributed by atoms with Crippen LogP contribution in [0.3, 0.4) is 0 Å². The van der Waals surface area contributed by atoms with Crippen molar-refractivity contribution in [1.29, 1.82) is 0 Å². The lowest BCUT2D eigenvalue weighted by Gasteiger charge is -2.13. The highest BCUT2D eigenvalue weighted by Crippen LogP contribution is 2.19. The van der Waals surface area contributed by atoms with Gasteiger partial charge in [0.05, 0.1) is 12.8 Å². The van der Waals surface area contributed by atoms with Gasteiger partial charge < -0.3 is 19.9 Å². The van der Waals surface area contributed by atoms with Crippen LogP contribution in [0.1, 0.15) is 35.1 Å². The summed E-state index contributed by atoms with van der Waals surface area (Å²) in [5, 5.41) is 10.7. The Morgan fingerprint density at radius 3 is 2.65 bits per heavy atom. The zero-order chi connectivity index (χ0) is 18.9. The molecular weight excluding hydrogens is 328 g/mol. The number of aromatic nitrogens is 1. The molecular formula is C20H30N4O2. The monoisotopic (exact) mass is 358 g/mol. The van der Waals surface area contributed by atoms with E-state index in [0.717, 1.165) is 54.7 Å². The molecule has 0 atom stereocenters. The minimum Gasteiger partial charge on any atom is -0.496 e.